The fourth-order valence-corrected chi connectivity index (χ4v) is 3.05. The Hall–Kier alpha value is -2.77. The molecular weight excluding hydrogens is 377 g/mol. The monoisotopic (exact) mass is 389 g/mol. The van der Waals surface area contributed by atoms with Crippen LogP contribution in [0.25, 0.3) is 0 Å². The number of amides is 2. The van der Waals surface area contributed by atoms with E-state index >= 15 is 0 Å². The molecule has 132 valence electrons. The highest BCUT2D eigenvalue weighted by molar-refractivity contribution is 7.14. The van der Waals surface area contributed by atoms with Crippen molar-refractivity contribution in [2.75, 3.05) is 10.6 Å². The van der Waals surface area contributed by atoms with Crippen LogP contribution in [0.3, 0.4) is 0 Å². The Morgan fingerprint density at radius 1 is 1.12 bits per heavy atom. The van der Waals surface area contributed by atoms with E-state index in [1.54, 1.807) is 29.6 Å². The normalized spacial score (nSPS) is 10.4. The van der Waals surface area contributed by atoms with Crippen molar-refractivity contribution in [3.05, 3.63) is 76.0 Å². The van der Waals surface area contributed by atoms with E-state index in [4.69, 9.17) is 11.6 Å². The Balaban J connectivity index is 1.58. The van der Waals surface area contributed by atoms with Crippen LogP contribution < -0.4 is 10.6 Å². The van der Waals surface area contributed by atoms with E-state index < -0.39 is 11.7 Å². The number of halogens is 2. The number of hydrogen-bond donors (Lipinski definition) is 2. The molecule has 0 aliphatic heterocycles. The fraction of sp³-hybridized carbons (Fsp3) is 0.0556. The van der Waals surface area contributed by atoms with Gasteiger partial charge in [-0.15, -0.1) is 11.3 Å². The van der Waals surface area contributed by atoms with Crippen molar-refractivity contribution in [2.45, 2.75) is 6.42 Å². The molecule has 3 rings (SSSR count). The number of carbonyl (C=O) groups is 2. The highest BCUT2D eigenvalue weighted by Crippen LogP contribution is 2.18. The van der Waals surface area contributed by atoms with Crippen LogP contribution in [0.4, 0.5) is 15.2 Å². The Morgan fingerprint density at radius 3 is 2.62 bits per heavy atom. The number of thiazole rings is 1. The van der Waals surface area contributed by atoms with E-state index in [-0.39, 0.29) is 12.3 Å². The Morgan fingerprint density at radius 2 is 1.88 bits per heavy atom. The maximum absolute atomic E-state index is 12.9. The minimum atomic E-state index is -0.413. The van der Waals surface area contributed by atoms with E-state index in [0.717, 1.165) is 0 Å². The van der Waals surface area contributed by atoms with Gasteiger partial charge in [0.1, 0.15) is 5.82 Å². The van der Waals surface area contributed by atoms with Crippen molar-refractivity contribution in [2.24, 2.45) is 0 Å². The highest BCUT2D eigenvalue weighted by atomic mass is 35.5. The van der Waals surface area contributed by atoms with Crippen molar-refractivity contribution in [3.63, 3.8) is 0 Å². The van der Waals surface area contributed by atoms with Gasteiger partial charge in [-0.3, -0.25) is 14.9 Å². The summed E-state index contributed by atoms with van der Waals surface area (Å²) < 4.78 is 12.9. The molecule has 0 fully saturated rings. The lowest BCUT2D eigenvalue weighted by Gasteiger charge is -2.04. The Labute approximate surface area is 157 Å². The van der Waals surface area contributed by atoms with Crippen LogP contribution >= 0.6 is 22.9 Å². The van der Waals surface area contributed by atoms with Gasteiger partial charge in [0, 0.05) is 21.7 Å². The van der Waals surface area contributed by atoms with Gasteiger partial charge in [0.25, 0.3) is 5.91 Å². The van der Waals surface area contributed by atoms with E-state index in [0.29, 0.717) is 27.1 Å². The first-order chi connectivity index (χ1) is 12.5. The van der Waals surface area contributed by atoms with Crippen LogP contribution in [0.5, 0.6) is 0 Å². The zero-order chi connectivity index (χ0) is 18.5. The summed E-state index contributed by atoms with van der Waals surface area (Å²) in [6.45, 7) is 0. The number of anilines is 2. The summed E-state index contributed by atoms with van der Waals surface area (Å²) in [5.74, 6) is -1.05. The molecule has 2 amide bonds. The number of carbonyl (C=O) groups excluding carboxylic acids is 2. The second kappa shape index (κ2) is 8.07. The smallest absolute Gasteiger partial charge is 0.257 e. The largest absolute Gasteiger partial charge is 0.326 e. The lowest BCUT2D eigenvalue weighted by atomic mass is 10.2. The molecule has 0 bridgehead atoms. The quantitative estimate of drug-likeness (QED) is 0.680. The number of hydrogen-bond acceptors (Lipinski definition) is 4. The number of benzene rings is 2. The molecule has 2 N–H and O–H groups in total. The molecule has 1 heterocycles. The standard InChI is InChI=1S/C18H13ClFN3O2S/c19-12-2-1-3-14(8-12)21-16(24)9-15-10-26-18(22-15)23-17(25)11-4-6-13(20)7-5-11/h1-8,10H,9H2,(H,21,24)(H,22,23,25). The molecule has 0 saturated carbocycles. The Kier molecular flexibility index (Phi) is 5.60. The van der Waals surface area contributed by atoms with Crippen LogP contribution in [-0.2, 0) is 11.2 Å². The first kappa shape index (κ1) is 18.0. The van der Waals surface area contributed by atoms with E-state index in [1.165, 1.54) is 35.6 Å². The molecule has 2 aromatic carbocycles. The van der Waals surface area contributed by atoms with Gasteiger partial charge < -0.3 is 5.32 Å². The average Bonchev–Trinajstić information content (AvgIpc) is 3.02. The van der Waals surface area contributed by atoms with E-state index in [1.807, 2.05) is 0 Å². The number of rotatable bonds is 5. The topological polar surface area (TPSA) is 71.1 Å². The van der Waals surface area contributed by atoms with Gasteiger partial charge in [0.2, 0.25) is 5.91 Å². The molecule has 0 saturated heterocycles. The molecule has 0 aliphatic carbocycles. The molecule has 0 aliphatic rings. The molecule has 0 atom stereocenters. The van der Waals surface area contributed by atoms with E-state index in [2.05, 4.69) is 15.6 Å². The molecule has 5 nitrogen and oxygen atoms in total. The zero-order valence-corrected chi connectivity index (χ0v) is 14.9. The average molecular weight is 390 g/mol. The summed E-state index contributed by atoms with van der Waals surface area (Å²) in [6, 6.07) is 12.0. The van der Waals surface area contributed by atoms with Crippen LogP contribution in [0.2, 0.25) is 5.02 Å². The van der Waals surface area contributed by atoms with Gasteiger partial charge in [0.05, 0.1) is 12.1 Å². The van der Waals surface area contributed by atoms with Crippen LogP contribution in [0.1, 0.15) is 16.1 Å². The summed E-state index contributed by atoms with van der Waals surface area (Å²) in [5.41, 5.74) is 1.45. The molecule has 3 aromatic rings. The first-order valence-corrected chi connectivity index (χ1v) is 8.82. The predicted octanol–water partition coefficient (Wildman–Crippen LogP) is 4.37. The van der Waals surface area contributed by atoms with E-state index in [9.17, 15) is 14.0 Å². The second-order valence-corrected chi connectivity index (χ2v) is 6.63. The van der Waals surface area contributed by atoms with Gasteiger partial charge in [-0.1, -0.05) is 17.7 Å². The van der Waals surface area contributed by atoms with Gasteiger partial charge in [-0.05, 0) is 42.5 Å². The summed E-state index contributed by atoms with van der Waals surface area (Å²) in [4.78, 5) is 28.4. The third-order valence-electron chi connectivity index (χ3n) is 3.33. The van der Waals surface area contributed by atoms with Crippen molar-refractivity contribution in [3.8, 4) is 0 Å². The zero-order valence-electron chi connectivity index (χ0n) is 13.3. The number of nitrogens with zero attached hydrogens (tertiary/aromatic N) is 1. The molecule has 1 aromatic heterocycles. The van der Waals surface area contributed by atoms with Gasteiger partial charge in [-0.25, -0.2) is 9.37 Å². The summed E-state index contributed by atoms with van der Waals surface area (Å²) in [6.07, 6.45) is 0.0649. The highest BCUT2D eigenvalue weighted by Gasteiger charge is 2.11. The summed E-state index contributed by atoms with van der Waals surface area (Å²) in [7, 11) is 0. The molecular formula is C18H13ClFN3O2S. The summed E-state index contributed by atoms with van der Waals surface area (Å²) >= 11 is 7.08. The minimum Gasteiger partial charge on any atom is -0.326 e. The maximum Gasteiger partial charge on any atom is 0.257 e. The molecule has 0 radical (unpaired) electrons. The minimum absolute atomic E-state index is 0.0649. The first-order valence-electron chi connectivity index (χ1n) is 7.56. The number of aromatic nitrogens is 1. The van der Waals surface area contributed by atoms with Crippen LogP contribution in [0, 0.1) is 5.82 Å². The number of nitrogens with one attached hydrogen (secondary N) is 2. The SMILES string of the molecule is O=C(Cc1csc(NC(=O)c2ccc(F)cc2)n1)Nc1cccc(Cl)c1. The molecule has 26 heavy (non-hydrogen) atoms. The van der Waals surface area contributed by atoms with Crippen LogP contribution in [0.15, 0.2) is 53.9 Å². The predicted molar refractivity (Wildman–Crippen MR) is 100 cm³/mol. The van der Waals surface area contributed by atoms with Gasteiger partial charge in [-0.2, -0.15) is 0 Å². The van der Waals surface area contributed by atoms with Gasteiger partial charge in [0.15, 0.2) is 5.13 Å². The lowest BCUT2D eigenvalue weighted by molar-refractivity contribution is -0.115. The van der Waals surface area contributed by atoms with Gasteiger partial charge >= 0.3 is 0 Å². The second-order valence-electron chi connectivity index (χ2n) is 5.34. The van der Waals surface area contributed by atoms with Crippen molar-refractivity contribution in [1.29, 1.82) is 0 Å². The molecule has 8 heteroatoms. The fourth-order valence-electron chi connectivity index (χ4n) is 2.15. The lowest BCUT2D eigenvalue weighted by Crippen LogP contribution is -2.15. The third-order valence-corrected chi connectivity index (χ3v) is 4.37. The maximum atomic E-state index is 12.9. The summed E-state index contributed by atoms with van der Waals surface area (Å²) in [5, 5.41) is 7.94. The van der Waals surface area contributed by atoms with Crippen molar-refractivity contribution < 1.29 is 14.0 Å². The molecule has 0 unspecified atom stereocenters. The van der Waals surface area contributed by atoms with Crippen LogP contribution in [-0.4, -0.2) is 16.8 Å². The van der Waals surface area contributed by atoms with Crippen molar-refractivity contribution in [1.82, 2.24) is 4.98 Å². The molecule has 0 spiro atoms. The third kappa shape index (κ3) is 4.87. The Bertz CT molecular complexity index is 944. The van der Waals surface area contributed by atoms with Crippen molar-refractivity contribution >= 4 is 45.6 Å².